The number of benzene rings is 2. The standard InChI is InChI=1S/C28H28F3N3O3/c1-19(37-23-5-3-2-4-6-23)17-26(35)33-22-9-7-20(8-10-22)21-12-15-34(16-13-21)27(36)24-18-32-14-11-25(24)28(29,30)31/h2-11,14,18-19,21H,12-13,15-17H2,1H3,(H,33,35). The van der Waals surface area contributed by atoms with Gasteiger partial charge in [-0.2, -0.15) is 13.2 Å². The number of alkyl halides is 3. The van der Waals surface area contributed by atoms with Crippen molar-refractivity contribution in [2.24, 2.45) is 0 Å². The zero-order valence-corrected chi connectivity index (χ0v) is 20.4. The first-order valence-corrected chi connectivity index (χ1v) is 12.1. The molecule has 1 aliphatic rings. The number of carbonyl (C=O) groups is 2. The van der Waals surface area contributed by atoms with Gasteiger partial charge in [-0.15, -0.1) is 0 Å². The van der Waals surface area contributed by atoms with E-state index in [0.717, 1.165) is 24.0 Å². The highest BCUT2D eigenvalue weighted by atomic mass is 19.4. The Bertz CT molecular complexity index is 1210. The van der Waals surface area contributed by atoms with Crippen LogP contribution in [-0.4, -0.2) is 40.9 Å². The molecule has 9 heteroatoms. The van der Waals surface area contributed by atoms with Gasteiger partial charge in [0.2, 0.25) is 5.91 Å². The van der Waals surface area contributed by atoms with Crippen LogP contribution in [0.1, 0.15) is 53.6 Å². The first-order valence-electron chi connectivity index (χ1n) is 12.1. The molecule has 1 N–H and O–H groups in total. The van der Waals surface area contributed by atoms with Crippen LogP contribution >= 0.6 is 0 Å². The third-order valence-electron chi connectivity index (χ3n) is 6.36. The first-order chi connectivity index (χ1) is 17.7. The Morgan fingerprint density at radius 1 is 1.05 bits per heavy atom. The number of para-hydroxylation sites is 1. The Hall–Kier alpha value is -3.88. The maximum Gasteiger partial charge on any atom is 0.417 e. The molecule has 0 saturated carbocycles. The van der Waals surface area contributed by atoms with Gasteiger partial charge in [0, 0.05) is 31.2 Å². The lowest BCUT2D eigenvalue weighted by molar-refractivity contribution is -0.138. The molecule has 0 aliphatic carbocycles. The third-order valence-corrected chi connectivity index (χ3v) is 6.36. The van der Waals surface area contributed by atoms with E-state index in [4.69, 9.17) is 4.74 Å². The predicted octanol–water partition coefficient (Wildman–Crippen LogP) is 5.92. The lowest BCUT2D eigenvalue weighted by atomic mass is 9.89. The number of piperidine rings is 1. The van der Waals surface area contributed by atoms with Gasteiger partial charge in [0.15, 0.2) is 0 Å². The van der Waals surface area contributed by atoms with Crippen molar-refractivity contribution >= 4 is 17.5 Å². The number of likely N-dealkylation sites (tertiary alicyclic amines) is 1. The summed E-state index contributed by atoms with van der Waals surface area (Å²) in [5, 5.41) is 2.88. The minimum absolute atomic E-state index is 0.156. The average Bonchev–Trinajstić information content (AvgIpc) is 2.89. The molecule has 1 aromatic heterocycles. The minimum Gasteiger partial charge on any atom is -0.490 e. The van der Waals surface area contributed by atoms with Crippen molar-refractivity contribution in [2.45, 2.75) is 44.4 Å². The third kappa shape index (κ3) is 6.87. The van der Waals surface area contributed by atoms with Gasteiger partial charge in [-0.3, -0.25) is 14.6 Å². The van der Waals surface area contributed by atoms with Crippen molar-refractivity contribution < 1.29 is 27.5 Å². The van der Waals surface area contributed by atoms with Crippen molar-refractivity contribution in [2.75, 3.05) is 18.4 Å². The molecular weight excluding hydrogens is 483 g/mol. The van der Waals surface area contributed by atoms with Gasteiger partial charge >= 0.3 is 6.18 Å². The summed E-state index contributed by atoms with van der Waals surface area (Å²) >= 11 is 0. The summed E-state index contributed by atoms with van der Waals surface area (Å²) in [6.07, 6.45) is -1.41. The molecule has 2 aromatic carbocycles. The fourth-order valence-electron chi connectivity index (χ4n) is 4.48. The van der Waals surface area contributed by atoms with Crippen LogP contribution in [0.25, 0.3) is 0 Å². The molecule has 2 amide bonds. The summed E-state index contributed by atoms with van der Waals surface area (Å²) < 4.78 is 45.6. The number of amides is 2. The number of anilines is 1. The second-order valence-electron chi connectivity index (χ2n) is 9.10. The lowest BCUT2D eigenvalue weighted by Crippen LogP contribution is -2.38. The van der Waals surface area contributed by atoms with Crippen molar-refractivity contribution in [1.29, 1.82) is 0 Å². The van der Waals surface area contributed by atoms with Crippen molar-refractivity contribution in [3.8, 4) is 5.75 Å². The van der Waals surface area contributed by atoms with Gasteiger partial charge < -0.3 is 15.0 Å². The summed E-state index contributed by atoms with van der Waals surface area (Å²) in [7, 11) is 0. The molecule has 6 nitrogen and oxygen atoms in total. The molecule has 0 spiro atoms. The molecule has 1 unspecified atom stereocenters. The van der Waals surface area contributed by atoms with E-state index < -0.39 is 23.2 Å². The second kappa shape index (κ2) is 11.5. The Morgan fingerprint density at radius 3 is 2.38 bits per heavy atom. The Labute approximate surface area is 213 Å². The number of nitrogens with zero attached hydrogens (tertiary/aromatic N) is 2. The average molecular weight is 512 g/mol. The molecule has 37 heavy (non-hydrogen) atoms. The van der Waals surface area contributed by atoms with Crippen LogP contribution in [0.3, 0.4) is 0 Å². The number of nitrogens with one attached hydrogen (secondary N) is 1. The predicted molar refractivity (Wildman–Crippen MR) is 133 cm³/mol. The quantitative estimate of drug-likeness (QED) is 0.428. The Kier molecular flexibility index (Phi) is 8.11. The van der Waals surface area contributed by atoms with E-state index in [-0.39, 0.29) is 24.3 Å². The molecule has 0 radical (unpaired) electrons. The maximum atomic E-state index is 13.3. The lowest BCUT2D eigenvalue weighted by Gasteiger charge is -2.32. The van der Waals surface area contributed by atoms with Gasteiger partial charge in [-0.1, -0.05) is 30.3 Å². The van der Waals surface area contributed by atoms with Crippen LogP contribution in [0, 0.1) is 0 Å². The van der Waals surface area contributed by atoms with E-state index in [0.29, 0.717) is 37.4 Å². The molecular formula is C28H28F3N3O3. The van der Waals surface area contributed by atoms with Crippen LogP contribution in [0.4, 0.5) is 18.9 Å². The number of ether oxygens (including phenoxy) is 1. The zero-order valence-electron chi connectivity index (χ0n) is 20.4. The fraction of sp³-hybridized carbons (Fsp3) is 0.321. The first kappa shape index (κ1) is 26.2. The van der Waals surface area contributed by atoms with E-state index in [2.05, 4.69) is 10.3 Å². The smallest absolute Gasteiger partial charge is 0.417 e. The molecule has 4 rings (SSSR count). The van der Waals surface area contributed by atoms with Crippen LogP contribution in [-0.2, 0) is 11.0 Å². The highest BCUT2D eigenvalue weighted by molar-refractivity contribution is 5.95. The number of aromatic nitrogens is 1. The molecule has 1 atom stereocenters. The summed E-state index contributed by atoms with van der Waals surface area (Å²) in [4.78, 5) is 30.3. The highest BCUT2D eigenvalue weighted by Crippen LogP contribution is 2.34. The van der Waals surface area contributed by atoms with E-state index >= 15 is 0 Å². The van der Waals surface area contributed by atoms with E-state index in [1.54, 1.807) is 0 Å². The number of hydrogen-bond donors (Lipinski definition) is 1. The molecule has 0 bridgehead atoms. The summed E-state index contributed by atoms with van der Waals surface area (Å²) in [6.45, 7) is 2.55. The number of halogens is 3. The Morgan fingerprint density at radius 2 is 1.73 bits per heavy atom. The molecule has 1 saturated heterocycles. The van der Waals surface area contributed by atoms with Gasteiger partial charge in [-0.05, 0) is 61.6 Å². The number of pyridine rings is 1. The minimum atomic E-state index is -4.61. The van der Waals surface area contributed by atoms with Crippen molar-refractivity contribution in [3.05, 3.63) is 89.7 Å². The number of hydrogen-bond acceptors (Lipinski definition) is 4. The molecule has 2 heterocycles. The summed E-state index contributed by atoms with van der Waals surface area (Å²) in [5.41, 5.74) is 0.345. The van der Waals surface area contributed by atoms with E-state index in [1.807, 2.05) is 61.5 Å². The Balaban J connectivity index is 1.28. The van der Waals surface area contributed by atoms with E-state index in [1.165, 1.54) is 4.90 Å². The largest absolute Gasteiger partial charge is 0.490 e. The summed E-state index contributed by atoms with van der Waals surface area (Å²) in [5.74, 6) is 0.0734. The van der Waals surface area contributed by atoms with Gasteiger partial charge in [0.05, 0.1) is 17.5 Å². The molecule has 1 fully saturated rings. The van der Waals surface area contributed by atoms with E-state index in [9.17, 15) is 22.8 Å². The molecule has 194 valence electrons. The number of rotatable bonds is 7. The zero-order chi connectivity index (χ0) is 26.4. The number of carbonyl (C=O) groups excluding carboxylic acids is 2. The van der Waals surface area contributed by atoms with Crippen LogP contribution in [0.15, 0.2) is 73.1 Å². The second-order valence-corrected chi connectivity index (χ2v) is 9.10. The maximum absolute atomic E-state index is 13.3. The fourth-order valence-corrected chi connectivity index (χ4v) is 4.48. The van der Waals surface area contributed by atoms with Crippen molar-refractivity contribution in [3.63, 3.8) is 0 Å². The molecule has 1 aliphatic heterocycles. The van der Waals surface area contributed by atoms with Crippen LogP contribution in [0.2, 0.25) is 0 Å². The monoisotopic (exact) mass is 511 g/mol. The normalized spacial score (nSPS) is 15.2. The SMILES string of the molecule is CC(CC(=O)Nc1ccc(C2CCN(C(=O)c3cnccc3C(F)(F)F)CC2)cc1)Oc1ccccc1. The molecule has 3 aromatic rings. The summed E-state index contributed by atoms with van der Waals surface area (Å²) in [6, 6.07) is 17.7. The van der Waals surface area contributed by atoms with Gasteiger partial charge in [-0.25, -0.2) is 0 Å². The van der Waals surface area contributed by atoms with Gasteiger partial charge in [0.25, 0.3) is 5.91 Å². The van der Waals surface area contributed by atoms with Crippen molar-refractivity contribution in [1.82, 2.24) is 9.88 Å². The van der Waals surface area contributed by atoms with Crippen LogP contribution in [0.5, 0.6) is 5.75 Å². The highest BCUT2D eigenvalue weighted by Gasteiger charge is 2.37. The van der Waals surface area contributed by atoms with Gasteiger partial charge in [0.1, 0.15) is 11.9 Å². The topological polar surface area (TPSA) is 71.5 Å². The van der Waals surface area contributed by atoms with Crippen LogP contribution < -0.4 is 10.1 Å².